The molecule has 0 aromatic carbocycles. The molecule has 20 heavy (non-hydrogen) atoms. The smallest absolute Gasteiger partial charge is 0.339 e. The standard InChI is InChI=1S/C16H23NO3/c1-3-12-5-4-6-15(9-12)20-11-14-8-7-13(10-17-14)16(18)19-2/h7-8,10,12,15H,3-6,9,11H2,1-2H3. The van der Waals surface area contributed by atoms with Crippen LogP contribution in [0.4, 0.5) is 0 Å². The van der Waals surface area contributed by atoms with Crippen molar-refractivity contribution in [2.45, 2.75) is 51.7 Å². The van der Waals surface area contributed by atoms with Gasteiger partial charge in [0.05, 0.1) is 31.1 Å². The van der Waals surface area contributed by atoms with E-state index in [9.17, 15) is 4.79 Å². The molecule has 1 saturated carbocycles. The normalized spacial score (nSPS) is 22.5. The third-order valence-corrected chi connectivity index (χ3v) is 4.02. The van der Waals surface area contributed by atoms with Gasteiger partial charge in [0.15, 0.2) is 0 Å². The van der Waals surface area contributed by atoms with Crippen molar-refractivity contribution in [2.75, 3.05) is 7.11 Å². The molecule has 0 spiro atoms. The minimum atomic E-state index is -0.358. The molecular formula is C16H23NO3. The lowest BCUT2D eigenvalue weighted by molar-refractivity contribution is 0.000323. The van der Waals surface area contributed by atoms with E-state index >= 15 is 0 Å². The largest absolute Gasteiger partial charge is 0.465 e. The van der Waals surface area contributed by atoms with E-state index in [1.54, 1.807) is 12.3 Å². The molecule has 1 aromatic heterocycles. The Morgan fingerprint density at radius 3 is 2.90 bits per heavy atom. The summed E-state index contributed by atoms with van der Waals surface area (Å²) < 4.78 is 10.6. The molecule has 4 heteroatoms. The summed E-state index contributed by atoms with van der Waals surface area (Å²) in [5.41, 5.74) is 1.33. The van der Waals surface area contributed by atoms with Crippen LogP contribution in [0.1, 0.15) is 55.1 Å². The fourth-order valence-electron chi connectivity index (χ4n) is 2.72. The molecule has 2 rings (SSSR count). The van der Waals surface area contributed by atoms with Crippen molar-refractivity contribution < 1.29 is 14.3 Å². The number of hydrogen-bond donors (Lipinski definition) is 0. The van der Waals surface area contributed by atoms with Crippen LogP contribution in [-0.4, -0.2) is 24.2 Å². The maximum absolute atomic E-state index is 11.3. The Morgan fingerprint density at radius 1 is 1.40 bits per heavy atom. The van der Waals surface area contributed by atoms with E-state index in [1.165, 1.54) is 26.4 Å². The van der Waals surface area contributed by atoms with E-state index in [2.05, 4.69) is 16.6 Å². The second-order valence-electron chi connectivity index (χ2n) is 5.40. The number of rotatable bonds is 5. The first-order valence-corrected chi connectivity index (χ1v) is 7.37. The lowest BCUT2D eigenvalue weighted by atomic mass is 9.85. The Kier molecular flexibility index (Phi) is 5.53. The van der Waals surface area contributed by atoms with Crippen molar-refractivity contribution in [1.29, 1.82) is 0 Å². The van der Waals surface area contributed by atoms with Crippen LogP contribution >= 0.6 is 0 Å². The first-order chi connectivity index (χ1) is 9.72. The molecule has 0 N–H and O–H groups in total. The lowest BCUT2D eigenvalue weighted by Gasteiger charge is -2.28. The van der Waals surface area contributed by atoms with Gasteiger partial charge in [0.1, 0.15) is 0 Å². The monoisotopic (exact) mass is 277 g/mol. The number of methoxy groups -OCH3 is 1. The molecule has 0 radical (unpaired) electrons. The molecule has 1 heterocycles. The topological polar surface area (TPSA) is 48.4 Å². The van der Waals surface area contributed by atoms with Crippen molar-refractivity contribution in [3.05, 3.63) is 29.6 Å². The molecule has 4 nitrogen and oxygen atoms in total. The summed E-state index contributed by atoms with van der Waals surface area (Å²) in [5, 5.41) is 0. The van der Waals surface area contributed by atoms with Gasteiger partial charge in [0.2, 0.25) is 0 Å². The van der Waals surface area contributed by atoms with Crippen LogP contribution in [-0.2, 0) is 16.1 Å². The number of ether oxygens (including phenoxy) is 2. The number of aromatic nitrogens is 1. The fraction of sp³-hybridized carbons (Fsp3) is 0.625. The van der Waals surface area contributed by atoms with Crippen molar-refractivity contribution >= 4 is 5.97 Å². The summed E-state index contributed by atoms with van der Waals surface area (Å²) >= 11 is 0. The third-order valence-electron chi connectivity index (χ3n) is 4.02. The zero-order valence-corrected chi connectivity index (χ0v) is 12.3. The van der Waals surface area contributed by atoms with Crippen LogP contribution < -0.4 is 0 Å². The van der Waals surface area contributed by atoms with Crippen LogP contribution in [0.2, 0.25) is 0 Å². The summed E-state index contributed by atoms with van der Waals surface area (Å²) in [6.07, 6.45) is 8.05. The second kappa shape index (κ2) is 7.39. The number of hydrogen-bond acceptors (Lipinski definition) is 4. The Morgan fingerprint density at radius 2 is 2.25 bits per heavy atom. The van der Waals surface area contributed by atoms with E-state index in [-0.39, 0.29) is 5.97 Å². The van der Waals surface area contributed by atoms with E-state index in [4.69, 9.17) is 4.74 Å². The van der Waals surface area contributed by atoms with Crippen LogP contribution in [0.3, 0.4) is 0 Å². The summed E-state index contributed by atoms with van der Waals surface area (Å²) in [4.78, 5) is 15.6. The fourth-order valence-corrected chi connectivity index (χ4v) is 2.72. The number of esters is 1. The Hall–Kier alpha value is -1.42. The minimum Gasteiger partial charge on any atom is -0.465 e. The average Bonchev–Trinajstić information content (AvgIpc) is 2.53. The van der Waals surface area contributed by atoms with Crippen molar-refractivity contribution in [3.63, 3.8) is 0 Å². The zero-order chi connectivity index (χ0) is 14.4. The Labute approximate surface area is 120 Å². The van der Waals surface area contributed by atoms with Gasteiger partial charge in [-0.3, -0.25) is 4.98 Å². The molecule has 0 amide bonds. The van der Waals surface area contributed by atoms with Crippen molar-refractivity contribution in [2.24, 2.45) is 5.92 Å². The quantitative estimate of drug-likeness (QED) is 0.774. The van der Waals surface area contributed by atoms with Crippen LogP contribution in [0, 0.1) is 5.92 Å². The Bertz CT molecular complexity index is 430. The lowest BCUT2D eigenvalue weighted by Crippen LogP contribution is -2.22. The number of nitrogens with zero attached hydrogens (tertiary/aromatic N) is 1. The van der Waals surface area contributed by atoms with E-state index < -0.39 is 0 Å². The van der Waals surface area contributed by atoms with Gasteiger partial charge >= 0.3 is 5.97 Å². The molecule has 0 bridgehead atoms. The summed E-state index contributed by atoms with van der Waals surface area (Å²) in [6, 6.07) is 3.56. The van der Waals surface area contributed by atoms with Gasteiger partial charge in [-0.15, -0.1) is 0 Å². The van der Waals surface area contributed by atoms with E-state index in [0.717, 1.165) is 24.5 Å². The first-order valence-electron chi connectivity index (χ1n) is 7.37. The second-order valence-corrected chi connectivity index (χ2v) is 5.40. The van der Waals surface area contributed by atoms with Crippen LogP contribution in [0.5, 0.6) is 0 Å². The van der Waals surface area contributed by atoms with Crippen molar-refractivity contribution in [1.82, 2.24) is 4.98 Å². The minimum absolute atomic E-state index is 0.357. The molecule has 1 fully saturated rings. The van der Waals surface area contributed by atoms with Gasteiger partial charge in [-0.05, 0) is 30.9 Å². The van der Waals surface area contributed by atoms with E-state index in [0.29, 0.717) is 18.3 Å². The molecule has 110 valence electrons. The van der Waals surface area contributed by atoms with Gasteiger partial charge in [-0.25, -0.2) is 4.79 Å². The predicted octanol–water partition coefficient (Wildman–Crippen LogP) is 3.35. The first kappa shape index (κ1) is 15.0. The van der Waals surface area contributed by atoms with Crippen LogP contribution in [0.15, 0.2) is 18.3 Å². The molecule has 1 aliphatic carbocycles. The highest BCUT2D eigenvalue weighted by atomic mass is 16.5. The number of carbonyl (C=O) groups excluding carboxylic acids is 1. The molecule has 1 aromatic rings. The molecule has 2 atom stereocenters. The average molecular weight is 277 g/mol. The number of pyridine rings is 1. The predicted molar refractivity (Wildman–Crippen MR) is 76.4 cm³/mol. The summed E-state index contributed by atoms with van der Waals surface area (Å²) in [6.45, 7) is 2.77. The van der Waals surface area contributed by atoms with Gasteiger partial charge in [0.25, 0.3) is 0 Å². The highest BCUT2D eigenvalue weighted by Gasteiger charge is 2.21. The highest BCUT2D eigenvalue weighted by Crippen LogP contribution is 2.28. The molecular weight excluding hydrogens is 254 g/mol. The van der Waals surface area contributed by atoms with Crippen molar-refractivity contribution in [3.8, 4) is 0 Å². The van der Waals surface area contributed by atoms with Gasteiger partial charge in [-0.2, -0.15) is 0 Å². The SMILES string of the molecule is CCC1CCCC(OCc2ccc(C(=O)OC)cn2)C1. The van der Waals surface area contributed by atoms with Crippen LogP contribution in [0.25, 0.3) is 0 Å². The number of carbonyl (C=O) groups is 1. The third kappa shape index (κ3) is 4.04. The maximum atomic E-state index is 11.3. The van der Waals surface area contributed by atoms with Gasteiger partial charge in [-0.1, -0.05) is 26.2 Å². The molecule has 1 aliphatic rings. The van der Waals surface area contributed by atoms with E-state index in [1.807, 2.05) is 6.07 Å². The Balaban J connectivity index is 1.83. The summed E-state index contributed by atoms with van der Waals surface area (Å²) in [5.74, 6) is 0.450. The highest BCUT2D eigenvalue weighted by molar-refractivity contribution is 5.88. The summed E-state index contributed by atoms with van der Waals surface area (Å²) in [7, 11) is 1.37. The molecule has 2 unspecified atom stereocenters. The zero-order valence-electron chi connectivity index (χ0n) is 12.3. The molecule has 0 aliphatic heterocycles. The maximum Gasteiger partial charge on any atom is 0.339 e. The molecule has 0 saturated heterocycles. The van der Waals surface area contributed by atoms with Gasteiger partial charge in [0, 0.05) is 6.20 Å². The van der Waals surface area contributed by atoms with Gasteiger partial charge < -0.3 is 9.47 Å².